The number of furan rings is 1. The fourth-order valence-corrected chi connectivity index (χ4v) is 2.68. The van der Waals surface area contributed by atoms with Crippen LogP contribution in [0, 0.1) is 6.92 Å². The van der Waals surface area contributed by atoms with Crippen LogP contribution in [0.4, 0.5) is 0 Å². The highest BCUT2D eigenvalue weighted by atomic mass is 32.1. The molecule has 6 heteroatoms. The summed E-state index contributed by atoms with van der Waals surface area (Å²) in [5.74, 6) is 1.90. The van der Waals surface area contributed by atoms with Crippen molar-refractivity contribution in [3.05, 3.63) is 40.2 Å². The van der Waals surface area contributed by atoms with E-state index in [-0.39, 0.29) is 0 Å². The van der Waals surface area contributed by atoms with Crippen LogP contribution in [-0.4, -0.2) is 36.0 Å². The third-order valence-electron chi connectivity index (χ3n) is 3.15. The Hall–Kier alpha value is -1.82. The van der Waals surface area contributed by atoms with E-state index in [0.717, 1.165) is 54.9 Å². The van der Waals surface area contributed by atoms with Gasteiger partial charge in [0.2, 0.25) is 0 Å². The van der Waals surface area contributed by atoms with Crippen molar-refractivity contribution >= 4 is 17.3 Å². The number of aryl methyl sites for hydroxylation is 1. The van der Waals surface area contributed by atoms with Crippen LogP contribution in [0.5, 0.6) is 0 Å². The Bertz CT molecular complexity index is 577. The van der Waals surface area contributed by atoms with Gasteiger partial charge >= 0.3 is 0 Å². The Morgan fingerprint density at radius 1 is 1.50 bits per heavy atom. The highest BCUT2D eigenvalue weighted by Crippen LogP contribution is 2.10. The third-order valence-corrected chi connectivity index (χ3v) is 3.97. The molecule has 120 valence electrons. The van der Waals surface area contributed by atoms with Crippen LogP contribution in [0.25, 0.3) is 0 Å². The van der Waals surface area contributed by atoms with Gasteiger partial charge in [-0.1, -0.05) is 6.92 Å². The van der Waals surface area contributed by atoms with Crippen molar-refractivity contribution in [2.24, 2.45) is 4.99 Å². The van der Waals surface area contributed by atoms with Crippen LogP contribution in [0.3, 0.4) is 0 Å². The van der Waals surface area contributed by atoms with E-state index in [2.05, 4.69) is 32.5 Å². The normalized spacial score (nSPS) is 11.7. The van der Waals surface area contributed by atoms with Gasteiger partial charge in [0.25, 0.3) is 0 Å². The first-order valence-electron chi connectivity index (χ1n) is 7.62. The molecular weight excluding hydrogens is 296 g/mol. The van der Waals surface area contributed by atoms with Crippen LogP contribution < -0.4 is 5.32 Å². The minimum Gasteiger partial charge on any atom is -0.469 e. The highest BCUT2D eigenvalue weighted by Gasteiger charge is 2.09. The fraction of sp³-hybridized carbons (Fsp3) is 0.500. The number of nitrogens with zero attached hydrogens (tertiary/aromatic N) is 3. The molecule has 0 aliphatic carbocycles. The Kier molecular flexibility index (Phi) is 6.45. The van der Waals surface area contributed by atoms with E-state index in [4.69, 9.17) is 4.42 Å². The van der Waals surface area contributed by atoms with Gasteiger partial charge in [-0.15, -0.1) is 11.3 Å². The van der Waals surface area contributed by atoms with Gasteiger partial charge in [0.15, 0.2) is 5.96 Å². The van der Waals surface area contributed by atoms with Crippen LogP contribution in [0.15, 0.2) is 33.2 Å². The number of aliphatic imine (C=N–C) groups is 1. The Labute approximate surface area is 136 Å². The van der Waals surface area contributed by atoms with Gasteiger partial charge in [0, 0.05) is 31.9 Å². The van der Waals surface area contributed by atoms with Gasteiger partial charge in [-0.25, -0.2) is 4.98 Å². The quantitative estimate of drug-likeness (QED) is 0.629. The fourth-order valence-electron chi connectivity index (χ4n) is 2.08. The van der Waals surface area contributed by atoms with Crippen molar-refractivity contribution in [2.75, 3.05) is 20.1 Å². The van der Waals surface area contributed by atoms with Gasteiger partial charge in [0.05, 0.1) is 23.5 Å². The van der Waals surface area contributed by atoms with Crippen molar-refractivity contribution in [3.8, 4) is 0 Å². The maximum absolute atomic E-state index is 5.35. The van der Waals surface area contributed by atoms with Crippen molar-refractivity contribution in [1.82, 2.24) is 15.2 Å². The number of thiazole rings is 1. The van der Waals surface area contributed by atoms with Crippen molar-refractivity contribution in [1.29, 1.82) is 0 Å². The molecule has 1 N–H and O–H groups in total. The van der Waals surface area contributed by atoms with Gasteiger partial charge in [-0.05, 0) is 25.5 Å². The van der Waals surface area contributed by atoms with Crippen LogP contribution in [0.1, 0.15) is 29.8 Å². The molecule has 0 aromatic carbocycles. The summed E-state index contributed by atoms with van der Waals surface area (Å²) in [4.78, 5) is 11.3. The Morgan fingerprint density at radius 3 is 3.00 bits per heavy atom. The lowest BCUT2D eigenvalue weighted by atomic mass is 10.3. The number of hydrogen-bond donors (Lipinski definition) is 1. The van der Waals surface area contributed by atoms with Crippen molar-refractivity contribution in [3.63, 3.8) is 0 Å². The molecule has 2 aromatic rings. The predicted molar refractivity (Wildman–Crippen MR) is 91.3 cm³/mol. The lowest BCUT2D eigenvalue weighted by molar-refractivity contribution is 0.463. The van der Waals surface area contributed by atoms with E-state index in [1.165, 1.54) is 0 Å². The zero-order chi connectivity index (χ0) is 15.8. The summed E-state index contributed by atoms with van der Waals surface area (Å²) >= 11 is 1.68. The Morgan fingerprint density at radius 2 is 2.36 bits per heavy atom. The van der Waals surface area contributed by atoms with Gasteiger partial charge in [0.1, 0.15) is 5.76 Å². The van der Waals surface area contributed by atoms with Gasteiger partial charge in [-0.3, -0.25) is 4.99 Å². The second-order valence-electron chi connectivity index (χ2n) is 5.18. The van der Waals surface area contributed by atoms with Crippen LogP contribution in [0.2, 0.25) is 0 Å². The third kappa shape index (κ3) is 5.18. The molecular formula is C16H24N4OS. The first-order valence-corrected chi connectivity index (χ1v) is 8.50. The van der Waals surface area contributed by atoms with Crippen molar-refractivity contribution in [2.45, 2.75) is 33.2 Å². The lowest BCUT2D eigenvalue weighted by Crippen LogP contribution is -2.39. The van der Waals surface area contributed by atoms with E-state index in [1.54, 1.807) is 17.6 Å². The molecule has 0 spiro atoms. The van der Waals surface area contributed by atoms with E-state index in [0.29, 0.717) is 0 Å². The average Bonchev–Trinajstić information content (AvgIpc) is 3.14. The zero-order valence-electron chi connectivity index (χ0n) is 13.5. The summed E-state index contributed by atoms with van der Waals surface area (Å²) in [5.41, 5.74) is 1.09. The topological polar surface area (TPSA) is 53.7 Å². The summed E-state index contributed by atoms with van der Waals surface area (Å²) in [6.45, 7) is 6.55. The van der Waals surface area contributed by atoms with Gasteiger partial charge < -0.3 is 14.6 Å². The molecule has 0 atom stereocenters. The number of aromatic nitrogens is 1. The maximum atomic E-state index is 5.35. The largest absolute Gasteiger partial charge is 0.469 e. The first-order chi connectivity index (χ1) is 10.7. The lowest BCUT2D eigenvalue weighted by Gasteiger charge is -2.21. The molecule has 0 saturated carbocycles. The minimum absolute atomic E-state index is 0.765. The molecule has 0 aliphatic rings. The van der Waals surface area contributed by atoms with E-state index < -0.39 is 0 Å². The highest BCUT2D eigenvalue weighted by molar-refractivity contribution is 7.09. The summed E-state index contributed by atoms with van der Waals surface area (Å²) < 4.78 is 5.35. The summed E-state index contributed by atoms with van der Waals surface area (Å²) in [6.07, 6.45) is 3.59. The molecule has 2 rings (SSSR count). The van der Waals surface area contributed by atoms with Crippen molar-refractivity contribution < 1.29 is 4.42 Å². The molecule has 2 heterocycles. The molecule has 5 nitrogen and oxygen atoms in total. The monoisotopic (exact) mass is 320 g/mol. The number of guanidine groups is 1. The van der Waals surface area contributed by atoms with Crippen LogP contribution in [-0.2, 0) is 13.0 Å². The maximum Gasteiger partial charge on any atom is 0.194 e. The predicted octanol–water partition coefficient (Wildman–Crippen LogP) is 3.07. The van der Waals surface area contributed by atoms with Crippen LogP contribution >= 0.6 is 11.3 Å². The number of hydrogen-bond acceptors (Lipinski definition) is 4. The molecule has 0 aliphatic heterocycles. The van der Waals surface area contributed by atoms with E-state index >= 15 is 0 Å². The number of nitrogens with one attached hydrogen (secondary N) is 1. The SMILES string of the molecule is CCCN=C(NCCc1ccco1)N(C)Cc1csc(C)n1. The van der Waals surface area contributed by atoms with E-state index in [9.17, 15) is 0 Å². The number of rotatable bonds is 7. The summed E-state index contributed by atoms with van der Waals surface area (Å²) in [6, 6.07) is 3.91. The average molecular weight is 320 g/mol. The zero-order valence-corrected chi connectivity index (χ0v) is 14.3. The second-order valence-corrected chi connectivity index (χ2v) is 6.24. The van der Waals surface area contributed by atoms with Gasteiger partial charge in [-0.2, -0.15) is 0 Å². The molecule has 0 radical (unpaired) electrons. The minimum atomic E-state index is 0.765. The summed E-state index contributed by atoms with van der Waals surface area (Å²) in [7, 11) is 2.04. The molecule has 0 bridgehead atoms. The second kappa shape index (κ2) is 8.58. The molecule has 2 aromatic heterocycles. The smallest absolute Gasteiger partial charge is 0.194 e. The first kappa shape index (κ1) is 16.5. The molecule has 0 unspecified atom stereocenters. The molecule has 0 fully saturated rings. The van der Waals surface area contributed by atoms with E-state index in [1.807, 2.05) is 26.1 Å². The Balaban J connectivity index is 1.89. The molecule has 22 heavy (non-hydrogen) atoms. The summed E-state index contributed by atoms with van der Waals surface area (Å²) in [5, 5.41) is 6.61. The molecule has 0 saturated heterocycles. The molecule has 0 amide bonds. The standard InChI is InChI=1S/C16H24N4OS/c1-4-8-17-16(18-9-7-15-6-5-10-21-15)20(3)11-14-12-22-13(2)19-14/h5-6,10,12H,4,7-9,11H2,1-3H3,(H,17,18).